The van der Waals surface area contributed by atoms with Crippen LogP contribution in [0.25, 0.3) is 0 Å². The maximum Gasteiger partial charge on any atom is -0.0329 e. The zero-order valence-corrected chi connectivity index (χ0v) is 51.4. The average molecular weight is 912 g/mol. The molecule has 10 unspecified atom stereocenters. The van der Waals surface area contributed by atoms with Crippen molar-refractivity contribution in [2.45, 2.75) is 304 Å². The van der Waals surface area contributed by atoms with E-state index in [4.69, 9.17) is 0 Å². The van der Waals surface area contributed by atoms with Gasteiger partial charge in [0.1, 0.15) is 0 Å². The van der Waals surface area contributed by atoms with Crippen molar-refractivity contribution in [3.63, 3.8) is 0 Å². The SMILES string of the molecule is CC(C)(C)C1CC1C(C)(C)C.CC(C)(C)C1CCC1C(C)(C)C.CC(C)(C)C1CCCC1C(C)(C)C.CC(C)(C)C1CCCCC1C(C)(C)C.CC(C)(C)C1CCCCCC1C(C)(C)C. The molecular weight excluding hydrogens is 781 g/mol. The second kappa shape index (κ2) is 23.0. The zero-order valence-electron chi connectivity index (χ0n) is 51.4. The van der Waals surface area contributed by atoms with Gasteiger partial charge in [-0.25, -0.2) is 0 Å². The van der Waals surface area contributed by atoms with Gasteiger partial charge in [0.2, 0.25) is 0 Å². The predicted octanol–water partition coefficient (Wildman–Crippen LogP) is 22.5. The Morgan fingerprint density at radius 1 is 0.154 bits per heavy atom. The van der Waals surface area contributed by atoms with Crippen LogP contribution in [0.1, 0.15) is 304 Å². The molecular formula is C65H130. The summed E-state index contributed by atoms with van der Waals surface area (Å²) in [4.78, 5) is 0. The Bertz CT molecular complexity index is 1210. The highest BCUT2D eigenvalue weighted by Gasteiger charge is 2.50. The fourth-order valence-electron chi connectivity index (χ4n) is 14.3. The molecule has 5 rings (SSSR count). The number of hydrogen-bond acceptors (Lipinski definition) is 0. The quantitative estimate of drug-likeness (QED) is 0.213. The molecule has 0 radical (unpaired) electrons. The van der Waals surface area contributed by atoms with Crippen LogP contribution in [0, 0.1) is 113 Å². The molecule has 5 aliphatic carbocycles. The van der Waals surface area contributed by atoms with Gasteiger partial charge in [0.05, 0.1) is 0 Å². The summed E-state index contributed by atoms with van der Waals surface area (Å²) in [5.41, 5.74) is 5.12. The lowest BCUT2D eigenvalue weighted by molar-refractivity contribution is -0.0163. The molecule has 0 bridgehead atoms. The van der Waals surface area contributed by atoms with E-state index in [1.54, 1.807) is 0 Å². The van der Waals surface area contributed by atoms with Crippen LogP contribution in [0.4, 0.5) is 0 Å². The topological polar surface area (TPSA) is 0 Å². The van der Waals surface area contributed by atoms with E-state index in [-0.39, 0.29) is 0 Å². The summed E-state index contributed by atoms with van der Waals surface area (Å²) < 4.78 is 0. The largest absolute Gasteiger partial charge is 0.0599 e. The summed E-state index contributed by atoms with van der Waals surface area (Å²) in [7, 11) is 0. The Morgan fingerprint density at radius 2 is 0.292 bits per heavy atom. The van der Waals surface area contributed by atoms with Gasteiger partial charge in [0.15, 0.2) is 0 Å². The van der Waals surface area contributed by atoms with Crippen molar-refractivity contribution in [3.05, 3.63) is 0 Å². The third kappa shape index (κ3) is 21.1. The monoisotopic (exact) mass is 911 g/mol. The summed E-state index contributed by atoms with van der Waals surface area (Å²) in [5.74, 6) is 9.42. The first-order valence-corrected chi connectivity index (χ1v) is 28.6. The van der Waals surface area contributed by atoms with Crippen LogP contribution in [0.2, 0.25) is 0 Å². The van der Waals surface area contributed by atoms with Crippen molar-refractivity contribution < 1.29 is 0 Å². The Morgan fingerprint density at radius 3 is 0.431 bits per heavy atom. The Labute approximate surface area is 415 Å². The highest BCUT2D eigenvalue weighted by atomic mass is 14.6. The van der Waals surface area contributed by atoms with Gasteiger partial charge in [-0.1, -0.05) is 246 Å². The number of rotatable bonds is 0. The second-order valence-corrected chi connectivity index (χ2v) is 34.4. The van der Waals surface area contributed by atoms with Crippen LogP contribution >= 0.6 is 0 Å². The van der Waals surface area contributed by atoms with Crippen LogP contribution in [-0.2, 0) is 0 Å². The minimum Gasteiger partial charge on any atom is -0.0599 e. The van der Waals surface area contributed by atoms with Crippen LogP contribution in [0.5, 0.6) is 0 Å². The van der Waals surface area contributed by atoms with Gasteiger partial charge in [0, 0.05) is 0 Å². The second-order valence-electron chi connectivity index (χ2n) is 34.4. The van der Waals surface area contributed by atoms with Crippen molar-refractivity contribution in [1.82, 2.24) is 0 Å². The lowest BCUT2D eigenvalue weighted by atomic mass is 9.54. The molecule has 0 spiro atoms. The smallest absolute Gasteiger partial charge is 0.0329 e. The van der Waals surface area contributed by atoms with E-state index in [1.807, 2.05) is 0 Å². The first-order chi connectivity index (χ1) is 28.6. The minimum atomic E-state index is 0.488. The Balaban J connectivity index is 0.000000408. The summed E-state index contributed by atoms with van der Waals surface area (Å²) in [6.45, 7) is 72.0. The van der Waals surface area contributed by atoms with E-state index in [1.165, 1.54) is 96.3 Å². The molecule has 5 aliphatic rings. The molecule has 0 amide bonds. The summed E-state index contributed by atoms with van der Waals surface area (Å²) >= 11 is 0. The molecule has 0 aromatic heterocycles. The molecule has 0 aromatic carbocycles. The van der Waals surface area contributed by atoms with E-state index in [9.17, 15) is 0 Å². The van der Waals surface area contributed by atoms with Gasteiger partial charge in [-0.15, -0.1) is 0 Å². The normalized spacial score (nSPS) is 30.9. The minimum absolute atomic E-state index is 0.488. The lowest BCUT2D eigenvalue weighted by Crippen LogP contribution is -2.43. The highest BCUT2D eigenvalue weighted by molar-refractivity contribution is 5.00. The summed E-state index contributed by atoms with van der Waals surface area (Å²) in [5, 5.41) is 0. The molecule has 10 atom stereocenters. The Kier molecular flexibility index (Phi) is 22.3. The first kappa shape index (κ1) is 63.0. The maximum atomic E-state index is 2.43. The van der Waals surface area contributed by atoms with Gasteiger partial charge in [-0.05, 0) is 171 Å². The Hall–Kier alpha value is 0. The third-order valence-corrected chi connectivity index (χ3v) is 18.5. The van der Waals surface area contributed by atoms with Gasteiger partial charge in [0.25, 0.3) is 0 Å². The van der Waals surface area contributed by atoms with Crippen molar-refractivity contribution in [3.8, 4) is 0 Å². The maximum absolute atomic E-state index is 2.43. The molecule has 5 saturated carbocycles. The van der Waals surface area contributed by atoms with Gasteiger partial charge in [-0.2, -0.15) is 0 Å². The molecule has 0 saturated heterocycles. The van der Waals surface area contributed by atoms with Crippen LogP contribution in [-0.4, -0.2) is 0 Å². The fourth-order valence-corrected chi connectivity index (χ4v) is 14.3. The van der Waals surface area contributed by atoms with Crippen LogP contribution in [0.3, 0.4) is 0 Å². The lowest BCUT2D eigenvalue weighted by Gasteiger charge is -2.51. The highest BCUT2D eigenvalue weighted by Crippen LogP contribution is 2.59. The molecule has 390 valence electrons. The first-order valence-electron chi connectivity index (χ1n) is 28.6. The predicted molar refractivity (Wildman–Crippen MR) is 299 cm³/mol. The summed E-state index contributed by atoms with van der Waals surface area (Å²) in [6.07, 6.45) is 21.8. The van der Waals surface area contributed by atoms with Gasteiger partial charge < -0.3 is 0 Å². The number of hydrogen-bond donors (Lipinski definition) is 0. The van der Waals surface area contributed by atoms with Crippen molar-refractivity contribution in [2.75, 3.05) is 0 Å². The standard InChI is InChI=1S/C15H30.C14H28.C13H26.C12H24.C11H22/c1-14(2,3)12-10-8-7-9-11-13(12)15(4,5)6;1-13(2,3)11-9-7-8-10-12(11)14(4,5)6;1-12(2,3)10-8-7-9-11(10)13(4,5)6;1-11(2,3)9-7-8-10(9)12(4,5)6;1-10(2,3)8-7-9(8)11(4,5)6/h12-13H,7-11H2,1-6H3;11-12H,7-10H2,1-6H3;10-11H,7-9H2,1-6H3;9-10H,7-8H2,1-6H3;8-9H,7H2,1-6H3. The van der Waals surface area contributed by atoms with Crippen LogP contribution < -0.4 is 0 Å². The molecule has 65 heavy (non-hydrogen) atoms. The van der Waals surface area contributed by atoms with Gasteiger partial charge >= 0.3 is 0 Å². The molecule has 5 fully saturated rings. The van der Waals surface area contributed by atoms with Crippen LogP contribution in [0.15, 0.2) is 0 Å². The van der Waals surface area contributed by atoms with Gasteiger partial charge in [-0.3, -0.25) is 0 Å². The molecule has 0 aliphatic heterocycles. The molecule has 0 N–H and O–H groups in total. The van der Waals surface area contributed by atoms with E-state index in [2.05, 4.69) is 208 Å². The fraction of sp³-hybridized carbons (Fsp3) is 1.00. The van der Waals surface area contributed by atoms with E-state index in [0.717, 1.165) is 59.2 Å². The summed E-state index contributed by atoms with van der Waals surface area (Å²) in [6, 6.07) is 0. The molecule has 0 heteroatoms. The van der Waals surface area contributed by atoms with E-state index in [0.29, 0.717) is 54.1 Å². The van der Waals surface area contributed by atoms with E-state index < -0.39 is 0 Å². The average Bonchev–Trinajstić information content (AvgIpc) is 3.78. The van der Waals surface area contributed by atoms with Crippen molar-refractivity contribution in [2.24, 2.45) is 113 Å². The van der Waals surface area contributed by atoms with Crippen molar-refractivity contribution >= 4 is 0 Å². The molecule has 0 heterocycles. The zero-order chi connectivity index (χ0) is 51.4. The van der Waals surface area contributed by atoms with Crippen molar-refractivity contribution in [1.29, 1.82) is 0 Å². The third-order valence-electron chi connectivity index (χ3n) is 18.5. The molecule has 0 nitrogen and oxygen atoms in total. The molecule has 0 aromatic rings. The van der Waals surface area contributed by atoms with E-state index >= 15 is 0 Å².